The number of carbonyl (C=O) groups is 1. The zero-order chi connectivity index (χ0) is 25.4. The number of pyridine rings is 1. The molecule has 6 aliphatic carbocycles. The van der Waals surface area contributed by atoms with Gasteiger partial charge in [0, 0.05) is 41.6 Å². The number of halogens is 4. The summed E-state index contributed by atoms with van der Waals surface area (Å²) in [5.74, 6) is 0.0311. The molecule has 0 aliphatic heterocycles. The van der Waals surface area contributed by atoms with Crippen molar-refractivity contribution in [1.29, 1.82) is 0 Å². The highest BCUT2D eigenvalue weighted by atomic mass is 19.4. The molecule has 6 fully saturated rings. The number of anilines is 2. The molecule has 1 aromatic heterocycles. The summed E-state index contributed by atoms with van der Waals surface area (Å²) in [6, 6.07) is 10.1. The van der Waals surface area contributed by atoms with Crippen molar-refractivity contribution < 1.29 is 22.4 Å². The van der Waals surface area contributed by atoms with Crippen LogP contribution < -0.4 is 10.6 Å². The quantitative estimate of drug-likeness (QED) is 0.359. The number of nitrogen functional groups attached to an aromatic ring is 1. The Kier molecular flexibility index (Phi) is 5.07. The third-order valence-electron chi connectivity index (χ3n) is 9.61. The van der Waals surface area contributed by atoms with Gasteiger partial charge in [-0.15, -0.1) is 0 Å². The summed E-state index contributed by atoms with van der Waals surface area (Å²) in [6.07, 6.45) is 3.60. The summed E-state index contributed by atoms with van der Waals surface area (Å²) >= 11 is 0. The first kappa shape index (κ1) is 23.7. The molecule has 1 heterocycles. The zero-order valence-electron chi connectivity index (χ0n) is 20.2. The molecule has 192 valence electrons. The lowest BCUT2D eigenvalue weighted by Gasteiger charge is -2.66. The third kappa shape index (κ3) is 3.88. The molecule has 6 saturated carbocycles. The monoisotopic (exact) mass is 501 g/mol. The lowest BCUT2D eigenvalue weighted by Crippen LogP contribution is -2.65. The molecule has 0 saturated heterocycles. The summed E-state index contributed by atoms with van der Waals surface area (Å²) in [5, 5.41) is 0. The molecule has 4 nitrogen and oxygen atoms in total. The third-order valence-corrected chi connectivity index (χ3v) is 9.61. The van der Waals surface area contributed by atoms with Crippen molar-refractivity contribution >= 4 is 17.3 Å². The predicted molar refractivity (Wildman–Crippen MR) is 129 cm³/mol. The minimum Gasteiger partial charge on any atom is -0.399 e. The number of nitrogens with two attached hydrogens (primary N) is 1. The Labute approximate surface area is 208 Å². The van der Waals surface area contributed by atoms with E-state index in [-0.39, 0.29) is 22.2 Å². The van der Waals surface area contributed by atoms with E-state index in [1.807, 2.05) is 23.1 Å². The number of fused-ring (bicyclic) bond motifs is 3. The average Bonchev–Trinajstić information content (AvgIpc) is 2.81. The fourth-order valence-electron chi connectivity index (χ4n) is 7.58. The number of alkyl halides is 4. The number of nitrogens with zero attached hydrogens (tertiary/aromatic N) is 2. The first-order chi connectivity index (χ1) is 16.9. The van der Waals surface area contributed by atoms with Crippen molar-refractivity contribution in [3.8, 4) is 0 Å². The Morgan fingerprint density at radius 1 is 0.972 bits per heavy atom. The molecule has 8 heteroatoms. The normalized spacial score (nSPS) is 34.6. The Bertz CT molecular complexity index is 1150. The second-order valence-electron chi connectivity index (χ2n) is 12.1. The van der Waals surface area contributed by atoms with E-state index in [1.54, 1.807) is 12.1 Å². The fourth-order valence-corrected chi connectivity index (χ4v) is 7.58. The van der Waals surface area contributed by atoms with Gasteiger partial charge < -0.3 is 10.6 Å². The van der Waals surface area contributed by atoms with Crippen molar-refractivity contribution in [2.45, 2.75) is 81.5 Å². The Morgan fingerprint density at radius 2 is 1.64 bits per heavy atom. The van der Waals surface area contributed by atoms with E-state index in [1.165, 1.54) is 0 Å². The van der Waals surface area contributed by atoms with Gasteiger partial charge in [-0.2, -0.15) is 13.2 Å². The highest BCUT2D eigenvalue weighted by Crippen LogP contribution is 2.71. The molecule has 0 atom stereocenters. The number of hydrogen-bond donors (Lipinski definition) is 1. The van der Waals surface area contributed by atoms with Gasteiger partial charge in [0.1, 0.15) is 5.67 Å². The van der Waals surface area contributed by atoms with E-state index in [0.29, 0.717) is 37.9 Å². The smallest absolute Gasteiger partial charge is 0.399 e. The summed E-state index contributed by atoms with van der Waals surface area (Å²) in [6.45, 7) is 0.586. The SMILES string of the molecule is Nc1cccc(N(CC23CCC(c4ccc(C(F)(F)F)cn4)(CC2)CC3)C(=O)CC23CC(F)(C2)C3)c1. The van der Waals surface area contributed by atoms with E-state index >= 15 is 0 Å². The summed E-state index contributed by atoms with van der Waals surface area (Å²) in [5.41, 5.74) is 5.99. The molecule has 1 aromatic carbocycles. The minimum absolute atomic E-state index is 0.0311. The van der Waals surface area contributed by atoms with Crippen LogP contribution in [0.25, 0.3) is 0 Å². The van der Waals surface area contributed by atoms with Crippen molar-refractivity contribution in [3.63, 3.8) is 0 Å². The summed E-state index contributed by atoms with van der Waals surface area (Å²) in [4.78, 5) is 19.7. The molecule has 8 rings (SSSR count). The van der Waals surface area contributed by atoms with Crippen LogP contribution >= 0.6 is 0 Å². The molecule has 4 bridgehead atoms. The van der Waals surface area contributed by atoms with Gasteiger partial charge in [-0.3, -0.25) is 9.78 Å². The molecule has 2 N–H and O–H groups in total. The zero-order valence-corrected chi connectivity index (χ0v) is 20.2. The van der Waals surface area contributed by atoms with Gasteiger partial charge in [0.25, 0.3) is 0 Å². The lowest BCUT2D eigenvalue weighted by molar-refractivity contribution is -0.215. The molecule has 0 radical (unpaired) electrons. The lowest BCUT2D eigenvalue weighted by atomic mass is 9.41. The molecule has 2 aromatic rings. The Morgan fingerprint density at radius 3 is 2.17 bits per heavy atom. The van der Waals surface area contributed by atoms with Gasteiger partial charge in [0.05, 0.1) is 5.56 Å². The molecule has 36 heavy (non-hydrogen) atoms. The van der Waals surface area contributed by atoms with Gasteiger partial charge in [-0.25, -0.2) is 4.39 Å². The first-order valence-corrected chi connectivity index (χ1v) is 12.8. The molecular formula is C28H31F4N3O. The van der Waals surface area contributed by atoms with Gasteiger partial charge in [0.15, 0.2) is 0 Å². The van der Waals surface area contributed by atoms with Crippen LogP contribution in [0.15, 0.2) is 42.6 Å². The van der Waals surface area contributed by atoms with Crippen LogP contribution in [0.2, 0.25) is 0 Å². The second kappa shape index (κ2) is 7.68. The van der Waals surface area contributed by atoms with E-state index in [2.05, 4.69) is 4.98 Å². The summed E-state index contributed by atoms with van der Waals surface area (Å²) < 4.78 is 53.1. The molecular weight excluding hydrogens is 470 g/mol. The number of rotatable bonds is 6. The predicted octanol–water partition coefficient (Wildman–Crippen LogP) is 6.59. The first-order valence-electron chi connectivity index (χ1n) is 12.8. The standard InChI is InChI=1S/C28H31F4N3O/c29-27-15-25(16-27,17-27)13-23(36)35(21-3-1-2-20(33)12-21)18-24-6-9-26(10-7-24,11-8-24)22-5-4-19(14-34-22)28(30,31)32/h1-5,12,14H,6-11,13,15-18,33H2. The van der Waals surface area contributed by atoms with Gasteiger partial charge in [-0.05, 0) is 98.9 Å². The van der Waals surface area contributed by atoms with Crippen LogP contribution in [0.1, 0.15) is 75.5 Å². The largest absolute Gasteiger partial charge is 0.417 e. The number of carbonyl (C=O) groups excluding carboxylic acids is 1. The minimum atomic E-state index is -4.39. The number of aromatic nitrogens is 1. The maximum atomic E-state index is 14.1. The van der Waals surface area contributed by atoms with Crippen LogP contribution in [-0.4, -0.2) is 23.1 Å². The highest BCUT2D eigenvalue weighted by Gasteiger charge is 2.69. The van der Waals surface area contributed by atoms with E-state index in [9.17, 15) is 22.4 Å². The van der Waals surface area contributed by atoms with Crippen molar-refractivity contribution in [2.24, 2.45) is 10.8 Å². The molecule has 6 aliphatic rings. The van der Waals surface area contributed by atoms with Crippen LogP contribution in [0.4, 0.5) is 28.9 Å². The molecule has 0 spiro atoms. The van der Waals surface area contributed by atoms with Gasteiger partial charge in [-0.1, -0.05) is 6.07 Å². The maximum Gasteiger partial charge on any atom is 0.417 e. The van der Waals surface area contributed by atoms with Crippen molar-refractivity contribution in [1.82, 2.24) is 4.98 Å². The van der Waals surface area contributed by atoms with Crippen LogP contribution in [0, 0.1) is 10.8 Å². The fraction of sp³-hybridized carbons (Fsp3) is 0.571. The van der Waals surface area contributed by atoms with Gasteiger partial charge in [0.2, 0.25) is 5.91 Å². The number of amides is 1. The molecule has 0 unspecified atom stereocenters. The Balaban J connectivity index is 1.19. The topological polar surface area (TPSA) is 59.2 Å². The summed E-state index contributed by atoms with van der Waals surface area (Å²) in [7, 11) is 0. The average molecular weight is 502 g/mol. The van der Waals surface area contributed by atoms with E-state index in [0.717, 1.165) is 62.2 Å². The van der Waals surface area contributed by atoms with Crippen LogP contribution in [-0.2, 0) is 16.4 Å². The molecule has 1 amide bonds. The van der Waals surface area contributed by atoms with Gasteiger partial charge >= 0.3 is 6.18 Å². The Hall–Kier alpha value is -2.64. The van der Waals surface area contributed by atoms with Crippen LogP contribution in [0.3, 0.4) is 0 Å². The van der Waals surface area contributed by atoms with Crippen molar-refractivity contribution in [2.75, 3.05) is 17.2 Å². The van der Waals surface area contributed by atoms with Crippen LogP contribution in [0.5, 0.6) is 0 Å². The highest BCUT2D eigenvalue weighted by molar-refractivity contribution is 5.94. The van der Waals surface area contributed by atoms with Crippen molar-refractivity contribution in [3.05, 3.63) is 53.9 Å². The number of benzene rings is 1. The number of hydrogen-bond acceptors (Lipinski definition) is 3. The van der Waals surface area contributed by atoms with E-state index < -0.39 is 17.4 Å². The second-order valence-corrected chi connectivity index (χ2v) is 12.1. The van der Waals surface area contributed by atoms with E-state index in [4.69, 9.17) is 5.73 Å². The maximum absolute atomic E-state index is 14.1.